The van der Waals surface area contributed by atoms with Crippen LogP contribution in [0.1, 0.15) is 12.0 Å². The number of halogens is 6. The molecule has 3 aromatic rings. The first kappa shape index (κ1) is 26.7. The summed E-state index contributed by atoms with van der Waals surface area (Å²) >= 11 is 0.539. The summed E-state index contributed by atoms with van der Waals surface area (Å²) in [5.41, 5.74) is 0.998. The molecule has 1 aromatic heterocycles. The van der Waals surface area contributed by atoms with Crippen molar-refractivity contribution in [2.45, 2.75) is 37.3 Å². The van der Waals surface area contributed by atoms with Crippen LogP contribution in [0.3, 0.4) is 0 Å². The van der Waals surface area contributed by atoms with Gasteiger partial charge in [0.2, 0.25) is 0 Å². The van der Waals surface area contributed by atoms with Crippen molar-refractivity contribution >= 4 is 37.6 Å². The average Bonchev–Trinajstić information content (AvgIpc) is 3.05. The van der Waals surface area contributed by atoms with Crippen LogP contribution in [0.25, 0.3) is 10.2 Å². The van der Waals surface area contributed by atoms with E-state index in [0.717, 1.165) is 28.3 Å². The normalized spacial score (nSPS) is 13.4. The van der Waals surface area contributed by atoms with Gasteiger partial charge in [0.1, 0.15) is 5.75 Å². The number of alkyl halides is 6. The van der Waals surface area contributed by atoms with Gasteiger partial charge in [0.25, 0.3) is 10.1 Å². The molecule has 0 spiro atoms. The third-order valence-electron chi connectivity index (χ3n) is 4.40. The van der Waals surface area contributed by atoms with Gasteiger partial charge in [-0.2, -0.15) is 26.6 Å². The molecule has 0 aliphatic carbocycles. The van der Waals surface area contributed by atoms with Gasteiger partial charge in [0.15, 0.2) is 4.80 Å². The minimum atomic E-state index is -5.26. The van der Waals surface area contributed by atoms with Crippen LogP contribution in [0, 0.1) is 6.92 Å². The van der Waals surface area contributed by atoms with Crippen LogP contribution in [0.15, 0.2) is 52.4 Å². The van der Waals surface area contributed by atoms with Gasteiger partial charge < -0.3 is 9.30 Å². The summed E-state index contributed by atoms with van der Waals surface area (Å²) in [5, 5.41) is 0. The lowest BCUT2D eigenvalue weighted by Gasteiger charge is -2.10. The Morgan fingerprint density at radius 2 is 1.71 bits per heavy atom. The van der Waals surface area contributed by atoms with Gasteiger partial charge in [-0.1, -0.05) is 29.0 Å². The Morgan fingerprint density at radius 3 is 2.31 bits per heavy atom. The maximum atomic E-state index is 12.7. The van der Waals surface area contributed by atoms with E-state index < -0.39 is 39.1 Å². The number of hydrogen-bond acceptors (Lipinski definition) is 6. The van der Waals surface area contributed by atoms with E-state index in [4.69, 9.17) is 4.18 Å². The SMILES string of the molecule is Cc1ccc(S(=O)(=O)OCCCn2/c(=N\C(=O)C(F)(F)F)sc3cc(OC(F)(F)F)ccc32)cc1. The number of ether oxygens (including phenoxy) is 1. The van der Waals surface area contributed by atoms with Gasteiger partial charge in [-0.05, 0) is 43.7 Å². The van der Waals surface area contributed by atoms with E-state index in [1.807, 2.05) is 0 Å². The third kappa shape index (κ3) is 7.05. The monoisotopic (exact) mass is 542 g/mol. The zero-order valence-electron chi connectivity index (χ0n) is 17.7. The maximum absolute atomic E-state index is 12.7. The van der Waals surface area contributed by atoms with Crippen molar-refractivity contribution in [1.29, 1.82) is 0 Å². The molecule has 35 heavy (non-hydrogen) atoms. The second kappa shape index (κ2) is 9.99. The van der Waals surface area contributed by atoms with E-state index in [1.165, 1.54) is 12.1 Å². The van der Waals surface area contributed by atoms with Gasteiger partial charge >= 0.3 is 18.4 Å². The van der Waals surface area contributed by atoms with Gasteiger partial charge in [0.05, 0.1) is 21.7 Å². The quantitative estimate of drug-likeness (QED) is 0.246. The third-order valence-corrected chi connectivity index (χ3v) is 6.77. The van der Waals surface area contributed by atoms with Crippen molar-refractivity contribution in [3.63, 3.8) is 0 Å². The molecule has 7 nitrogen and oxygen atoms in total. The van der Waals surface area contributed by atoms with Crippen LogP contribution >= 0.6 is 11.3 Å². The Kier molecular flexibility index (Phi) is 7.62. The summed E-state index contributed by atoms with van der Waals surface area (Å²) in [6.45, 7) is 1.26. The topological polar surface area (TPSA) is 87.0 Å². The summed E-state index contributed by atoms with van der Waals surface area (Å²) in [7, 11) is -4.09. The van der Waals surface area contributed by atoms with Crippen LogP contribution in [-0.4, -0.2) is 38.0 Å². The Morgan fingerprint density at radius 1 is 1.06 bits per heavy atom. The lowest BCUT2D eigenvalue weighted by Crippen LogP contribution is -2.25. The molecule has 1 heterocycles. The number of nitrogens with zero attached hydrogens (tertiary/aromatic N) is 2. The molecule has 0 bridgehead atoms. The zero-order chi connectivity index (χ0) is 26.0. The maximum Gasteiger partial charge on any atom is 0.573 e. The molecule has 0 aliphatic heterocycles. The van der Waals surface area contributed by atoms with Crippen LogP contribution in [0.4, 0.5) is 26.3 Å². The summed E-state index contributed by atoms with van der Waals surface area (Å²) in [4.78, 5) is 13.9. The van der Waals surface area contributed by atoms with Crippen molar-refractivity contribution in [2.75, 3.05) is 6.61 Å². The van der Waals surface area contributed by atoms with Crippen molar-refractivity contribution in [3.05, 3.63) is 52.8 Å². The van der Waals surface area contributed by atoms with E-state index in [-0.39, 0.29) is 34.7 Å². The number of hydrogen-bond donors (Lipinski definition) is 0. The Labute approximate surface area is 198 Å². The molecule has 0 atom stereocenters. The zero-order valence-corrected chi connectivity index (χ0v) is 19.3. The lowest BCUT2D eigenvalue weighted by atomic mass is 10.2. The van der Waals surface area contributed by atoms with E-state index in [9.17, 15) is 39.6 Å². The number of carbonyl (C=O) groups excluding carboxylic acids is 1. The molecule has 0 saturated heterocycles. The summed E-state index contributed by atoms with van der Waals surface area (Å²) in [6.07, 6.45) is -10.3. The highest BCUT2D eigenvalue weighted by molar-refractivity contribution is 7.86. The minimum absolute atomic E-state index is 0.0366. The van der Waals surface area contributed by atoms with E-state index >= 15 is 0 Å². The molecule has 3 rings (SSSR count). The molecule has 190 valence electrons. The fraction of sp³-hybridized carbons (Fsp3) is 0.300. The molecule has 0 N–H and O–H groups in total. The molecule has 15 heteroatoms. The predicted octanol–water partition coefficient (Wildman–Crippen LogP) is 4.70. The molecule has 0 saturated carbocycles. The highest BCUT2D eigenvalue weighted by atomic mass is 32.2. The molecule has 0 aliphatic rings. The number of amides is 1. The van der Waals surface area contributed by atoms with Gasteiger partial charge in [-0.25, -0.2) is 0 Å². The van der Waals surface area contributed by atoms with Gasteiger partial charge in [-0.15, -0.1) is 13.2 Å². The second-order valence-electron chi connectivity index (χ2n) is 7.07. The minimum Gasteiger partial charge on any atom is -0.406 e. The largest absolute Gasteiger partial charge is 0.573 e. The van der Waals surface area contributed by atoms with Crippen molar-refractivity contribution < 1.29 is 48.5 Å². The van der Waals surface area contributed by atoms with E-state index in [0.29, 0.717) is 11.3 Å². The van der Waals surface area contributed by atoms with Crippen molar-refractivity contribution in [3.8, 4) is 5.75 Å². The first-order valence-electron chi connectivity index (χ1n) is 9.67. The fourth-order valence-electron chi connectivity index (χ4n) is 2.87. The van der Waals surface area contributed by atoms with Crippen molar-refractivity contribution in [1.82, 2.24) is 4.57 Å². The fourth-order valence-corrected chi connectivity index (χ4v) is 4.89. The van der Waals surface area contributed by atoms with E-state index in [2.05, 4.69) is 9.73 Å². The standard InChI is InChI=1S/C20H16F6N2O5S2/c1-12-3-6-14(7-4-12)35(30,31)32-10-2-9-28-15-8-5-13(33-20(24,25)26)11-16(15)34-18(28)27-17(29)19(21,22)23/h3-8,11H,2,9-10H2,1H3/b27-18+. The van der Waals surface area contributed by atoms with E-state index in [1.54, 1.807) is 19.1 Å². The van der Waals surface area contributed by atoms with Gasteiger partial charge in [-0.3, -0.25) is 8.98 Å². The molecule has 2 aromatic carbocycles. The number of benzene rings is 2. The number of carbonyl (C=O) groups is 1. The molecule has 1 amide bonds. The Bertz CT molecular complexity index is 1390. The highest BCUT2D eigenvalue weighted by Gasteiger charge is 2.38. The van der Waals surface area contributed by atoms with Crippen molar-refractivity contribution in [2.24, 2.45) is 4.99 Å². The second-order valence-corrected chi connectivity index (χ2v) is 9.70. The highest BCUT2D eigenvalue weighted by Crippen LogP contribution is 2.28. The first-order chi connectivity index (χ1) is 16.2. The predicted molar refractivity (Wildman–Crippen MR) is 112 cm³/mol. The average molecular weight is 542 g/mol. The number of aryl methyl sites for hydroxylation is 2. The van der Waals surface area contributed by atoms with Crippen LogP contribution < -0.4 is 9.54 Å². The lowest BCUT2D eigenvalue weighted by molar-refractivity contribution is -0.274. The Hall–Kier alpha value is -2.91. The number of rotatable bonds is 7. The smallest absolute Gasteiger partial charge is 0.406 e. The molecule has 0 fully saturated rings. The summed E-state index contributed by atoms with van der Waals surface area (Å²) < 4.78 is 110. The Balaban J connectivity index is 1.86. The van der Waals surface area contributed by atoms with Crippen LogP contribution in [0.5, 0.6) is 5.75 Å². The van der Waals surface area contributed by atoms with Crippen LogP contribution in [-0.2, 0) is 25.6 Å². The molecular formula is C20H16F6N2O5S2. The first-order valence-corrected chi connectivity index (χ1v) is 11.9. The van der Waals surface area contributed by atoms with Gasteiger partial charge in [0, 0.05) is 6.54 Å². The molecular weight excluding hydrogens is 526 g/mol. The molecule has 0 unspecified atom stereocenters. The number of thiazole rings is 1. The summed E-state index contributed by atoms with van der Waals surface area (Å²) in [5.74, 6) is -3.01. The van der Waals surface area contributed by atoms with Crippen LogP contribution in [0.2, 0.25) is 0 Å². The number of aromatic nitrogens is 1. The number of fused-ring (bicyclic) bond motifs is 1. The molecule has 0 radical (unpaired) electrons. The summed E-state index contributed by atoms with van der Waals surface area (Å²) in [6, 6.07) is 8.91.